The number of nitrogens with one attached hydrogen (secondary N) is 1. The van der Waals surface area contributed by atoms with Crippen molar-refractivity contribution in [3.05, 3.63) is 95.6 Å². The molecule has 0 saturated carbocycles. The highest BCUT2D eigenvalue weighted by Gasteiger charge is 2.44. The molecule has 46 heavy (non-hydrogen) atoms. The third-order valence-corrected chi connectivity index (χ3v) is 11.3. The number of imidazole rings is 1. The van der Waals surface area contributed by atoms with Crippen LogP contribution in [0.5, 0.6) is 0 Å². The molecule has 7 rings (SSSR count). The van der Waals surface area contributed by atoms with Crippen LogP contribution in [0.3, 0.4) is 0 Å². The fourth-order valence-electron chi connectivity index (χ4n) is 8.51. The number of hydrogen-bond donors (Lipinski definition) is 1. The highest BCUT2D eigenvalue weighted by molar-refractivity contribution is 7.92. The number of likely N-dealkylation sites (tertiary alicyclic amines) is 1. The zero-order valence-electron chi connectivity index (χ0n) is 26.5. The number of aromatic nitrogens is 2. The third-order valence-electron chi connectivity index (χ3n) is 10.7. The fraction of sp³-hybridized carbons (Fsp3) is 0.444. The van der Waals surface area contributed by atoms with Gasteiger partial charge in [0.25, 0.3) is 5.91 Å². The van der Waals surface area contributed by atoms with Gasteiger partial charge >= 0.3 is 0 Å². The summed E-state index contributed by atoms with van der Waals surface area (Å²) in [6.45, 7) is 4.26. The summed E-state index contributed by atoms with van der Waals surface area (Å²) in [5.74, 6) is 0.801. The van der Waals surface area contributed by atoms with E-state index >= 15 is 0 Å². The van der Waals surface area contributed by atoms with Gasteiger partial charge in [0.2, 0.25) is 10.0 Å². The molecule has 3 atom stereocenters. The van der Waals surface area contributed by atoms with E-state index in [9.17, 15) is 17.6 Å². The Morgan fingerprint density at radius 3 is 2.33 bits per heavy atom. The maximum atomic E-state index is 14.6. The molecule has 1 amide bonds. The van der Waals surface area contributed by atoms with E-state index in [1.165, 1.54) is 24.4 Å². The van der Waals surface area contributed by atoms with Crippen LogP contribution in [-0.2, 0) is 15.4 Å². The Bertz CT molecular complexity index is 1830. The lowest BCUT2D eigenvalue weighted by atomic mass is 9.70. The Hall–Kier alpha value is -3.76. The number of benzene rings is 3. The molecular formula is C36H42FN5O3S. The van der Waals surface area contributed by atoms with Crippen molar-refractivity contribution >= 4 is 32.7 Å². The van der Waals surface area contributed by atoms with Crippen LogP contribution in [0.25, 0.3) is 11.0 Å². The van der Waals surface area contributed by atoms with Crippen LogP contribution in [0.1, 0.15) is 72.7 Å². The number of halogens is 1. The average Bonchev–Trinajstić information content (AvgIpc) is 3.49. The van der Waals surface area contributed by atoms with Crippen LogP contribution < -0.4 is 4.72 Å². The first-order chi connectivity index (χ1) is 22.1. The molecule has 3 fully saturated rings. The summed E-state index contributed by atoms with van der Waals surface area (Å²) in [6.07, 6.45) is 8.21. The van der Waals surface area contributed by atoms with Gasteiger partial charge in [0.05, 0.1) is 17.3 Å². The number of piperidine rings is 2. The van der Waals surface area contributed by atoms with E-state index in [1.807, 2.05) is 11.0 Å². The molecule has 2 bridgehead atoms. The lowest BCUT2D eigenvalue weighted by Crippen LogP contribution is -2.49. The fourth-order valence-corrected chi connectivity index (χ4v) is 9.07. The average molecular weight is 644 g/mol. The molecule has 8 nitrogen and oxygen atoms in total. The van der Waals surface area contributed by atoms with Gasteiger partial charge in [-0.2, -0.15) is 0 Å². The number of fused-ring (bicyclic) bond motifs is 3. The second kappa shape index (κ2) is 12.1. The number of para-hydroxylation sites is 2. The van der Waals surface area contributed by atoms with Crippen molar-refractivity contribution in [2.24, 2.45) is 0 Å². The largest absolute Gasteiger partial charge is 0.339 e. The van der Waals surface area contributed by atoms with E-state index in [-0.39, 0.29) is 17.1 Å². The minimum Gasteiger partial charge on any atom is -0.339 e. The Morgan fingerprint density at radius 2 is 1.65 bits per heavy atom. The molecule has 10 heteroatoms. The van der Waals surface area contributed by atoms with Crippen LogP contribution in [0, 0.1) is 12.7 Å². The molecule has 3 aliphatic rings. The SMILES string of the molecule is Cc1nc2ccccc2n1[C@H]1C[C@H]2CC[C@@H](C1)N2CCC1(c2cccc(F)c2)CCN(C(=O)c2ccc(NS(C)(=O)=O)cc2)CC1. The number of carbonyl (C=O) groups excluding carboxylic acids is 1. The van der Waals surface area contributed by atoms with Gasteiger partial charge in [0.1, 0.15) is 11.6 Å². The summed E-state index contributed by atoms with van der Waals surface area (Å²) in [5.41, 5.74) is 4.06. The molecule has 4 aromatic rings. The van der Waals surface area contributed by atoms with Crippen molar-refractivity contribution < 1.29 is 17.6 Å². The summed E-state index contributed by atoms with van der Waals surface area (Å²) in [5, 5.41) is 0. The predicted octanol–water partition coefficient (Wildman–Crippen LogP) is 6.29. The molecule has 3 aliphatic heterocycles. The zero-order valence-corrected chi connectivity index (χ0v) is 27.3. The molecule has 4 heterocycles. The van der Waals surface area contributed by atoms with Gasteiger partial charge in [-0.1, -0.05) is 24.3 Å². The van der Waals surface area contributed by atoms with E-state index in [2.05, 4.69) is 51.4 Å². The Kier molecular flexibility index (Phi) is 8.13. The highest BCUT2D eigenvalue weighted by Crippen LogP contribution is 2.45. The summed E-state index contributed by atoms with van der Waals surface area (Å²) in [7, 11) is -3.39. The number of nitrogens with zero attached hydrogens (tertiary/aromatic N) is 4. The molecule has 0 radical (unpaired) electrons. The zero-order chi connectivity index (χ0) is 32.1. The van der Waals surface area contributed by atoms with E-state index in [4.69, 9.17) is 4.98 Å². The van der Waals surface area contributed by atoms with Gasteiger partial charge in [0, 0.05) is 42.5 Å². The molecule has 3 aromatic carbocycles. The van der Waals surface area contributed by atoms with Gasteiger partial charge in [-0.25, -0.2) is 17.8 Å². The van der Waals surface area contributed by atoms with Crippen LogP contribution in [0.4, 0.5) is 10.1 Å². The number of amides is 1. The van der Waals surface area contributed by atoms with Gasteiger partial charge in [-0.3, -0.25) is 14.4 Å². The molecule has 3 saturated heterocycles. The maximum absolute atomic E-state index is 14.6. The topological polar surface area (TPSA) is 87.5 Å². The van der Waals surface area contributed by atoms with Crippen molar-refractivity contribution in [2.75, 3.05) is 30.6 Å². The summed E-state index contributed by atoms with van der Waals surface area (Å²) >= 11 is 0. The second-order valence-electron chi connectivity index (χ2n) is 13.6. The monoisotopic (exact) mass is 643 g/mol. The van der Waals surface area contributed by atoms with Crippen molar-refractivity contribution in [1.82, 2.24) is 19.4 Å². The van der Waals surface area contributed by atoms with Crippen molar-refractivity contribution in [1.29, 1.82) is 0 Å². The van der Waals surface area contributed by atoms with Crippen LogP contribution >= 0.6 is 0 Å². The predicted molar refractivity (Wildman–Crippen MR) is 179 cm³/mol. The van der Waals surface area contributed by atoms with E-state index in [1.54, 1.807) is 30.3 Å². The smallest absolute Gasteiger partial charge is 0.253 e. The molecule has 242 valence electrons. The molecular weight excluding hydrogens is 601 g/mol. The van der Waals surface area contributed by atoms with Crippen LogP contribution in [-0.4, -0.2) is 71.6 Å². The first kappa shape index (κ1) is 30.9. The number of sulfonamides is 1. The first-order valence-corrected chi connectivity index (χ1v) is 18.3. The van der Waals surface area contributed by atoms with Crippen molar-refractivity contribution in [3.63, 3.8) is 0 Å². The van der Waals surface area contributed by atoms with Crippen LogP contribution in [0.2, 0.25) is 0 Å². The lowest BCUT2D eigenvalue weighted by molar-refractivity contribution is 0.0606. The Morgan fingerprint density at radius 1 is 0.957 bits per heavy atom. The quantitative estimate of drug-likeness (QED) is 0.244. The number of carbonyl (C=O) groups is 1. The highest BCUT2D eigenvalue weighted by atomic mass is 32.2. The van der Waals surface area contributed by atoms with Gasteiger partial charge in [-0.05, 0) is 118 Å². The second-order valence-corrected chi connectivity index (χ2v) is 15.3. The van der Waals surface area contributed by atoms with E-state index in [0.717, 1.165) is 61.8 Å². The molecule has 1 N–H and O–H groups in total. The number of rotatable bonds is 8. The van der Waals surface area contributed by atoms with Crippen molar-refractivity contribution in [2.45, 2.75) is 75.4 Å². The summed E-state index contributed by atoms with van der Waals surface area (Å²) in [6, 6.07) is 23.6. The minimum absolute atomic E-state index is 0.0683. The Labute approximate surface area is 270 Å². The van der Waals surface area contributed by atoms with E-state index in [0.29, 0.717) is 42.5 Å². The minimum atomic E-state index is -3.39. The van der Waals surface area contributed by atoms with E-state index < -0.39 is 10.0 Å². The summed E-state index contributed by atoms with van der Waals surface area (Å²) in [4.78, 5) is 22.9. The molecule has 1 aromatic heterocycles. The molecule has 0 unspecified atom stereocenters. The third kappa shape index (κ3) is 6.05. The maximum Gasteiger partial charge on any atom is 0.253 e. The van der Waals surface area contributed by atoms with Crippen LogP contribution in [0.15, 0.2) is 72.8 Å². The first-order valence-electron chi connectivity index (χ1n) is 16.4. The number of hydrogen-bond acceptors (Lipinski definition) is 5. The Balaban J connectivity index is 1.05. The van der Waals surface area contributed by atoms with Gasteiger partial charge < -0.3 is 9.47 Å². The lowest BCUT2D eigenvalue weighted by Gasteiger charge is -2.45. The molecule has 0 spiro atoms. The number of aryl methyl sites for hydroxylation is 1. The van der Waals surface area contributed by atoms with Gasteiger partial charge in [-0.15, -0.1) is 0 Å². The normalized spacial score (nSPS) is 23.1. The molecule has 0 aliphatic carbocycles. The standard InChI is InChI=1S/C36H42FN5O3S/c1-25-38-33-8-3-4-9-34(33)42(25)32-23-30-14-15-31(24-32)41(30)21-18-36(27-6-5-7-28(37)22-27)16-19-40(20-17-36)35(43)26-10-12-29(13-11-26)39-46(2,44)45/h3-13,22,30-32,39H,14-21,23-24H2,1-2H3/t30-,31+,32+. The summed E-state index contributed by atoms with van der Waals surface area (Å²) < 4.78 is 42.6. The number of anilines is 1. The van der Waals surface area contributed by atoms with Crippen molar-refractivity contribution in [3.8, 4) is 0 Å². The van der Waals surface area contributed by atoms with Gasteiger partial charge in [0.15, 0.2) is 0 Å².